The lowest BCUT2D eigenvalue weighted by Gasteiger charge is -2.34. The second-order valence-electron chi connectivity index (χ2n) is 8.53. The summed E-state index contributed by atoms with van der Waals surface area (Å²) in [5.74, 6) is -1.24. The van der Waals surface area contributed by atoms with Crippen LogP contribution >= 0.6 is 11.6 Å². The molecule has 0 bridgehead atoms. The number of nitrogens with zero attached hydrogens (tertiary/aromatic N) is 5. The number of hydrogen-bond acceptors (Lipinski definition) is 7. The molecule has 1 aromatic carbocycles. The monoisotopic (exact) mass is 533 g/mol. The van der Waals surface area contributed by atoms with Gasteiger partial charge in [0.15, 0.2) is 17.6 Å². The maximum atomic E-state index is 13.3. The zero-order valence-electron chi connectivity index (χ0n) is 19.5. The van der Waals surface area contributed by atoms with Crippen molar-refractivity contribution < 1.29 is 31.1 Å². The summed E-state index contributed by atoms with van der Waals surface area (Å²) in [5.41, 5.74) is -1.24. The van der Waals surface area contributed by atoms with Crippen molar-refractivity contribution in [3.8, 4) is 0 Å². The Morgan fingerprint density at radius 3 is 2.29 bits per heavy atom. The third kappa shape index (κ3) is 5.35. The predicted octanol–water partition coefficient (Wildman–Crippen LogP) is 5.21. The summed E-state index contributed by atoms with van der Waals surface area (Å²) in [4.78, 5) is 24.1. The molecule has 2 heterocycles. The molecular formula is C21H23ClF3N5O4S. The van der Waals surface area contributed by atoms with Gasteiger partial charge in [-0.05, 0) is 58.9 Å². The lowest BCUT2D eigenvalue weighted by molar-refractivity contribution is -0.144. The average molecular weight is 534 g/mol. The molecule has 0 fully saturated rings. The summed E-state index contributed by atoms with van der Waals surface area (Å²) < 4.78 is 73.2. The highest BCUT2D eigenvalue weighted by Gasteiger charge is 2.41. The Morgan fingerprint density at radius 1 is 1.17 bits per heavy atom. The minimum Gasteiger partial charge on any atom is -0.437 e. The smallest absolute Gasteiger partial charge is 0.437 e. The highest BCUT2D eigenvalue weighted by Crippen LogP contribution is 2.31. The lowest BCUT2D eigenvalue weighted by Crippen LogP contribution is -2.49. The van der Waals surface area contributed by atoms with Gasteiger partial charge in [0, 0.05) is 11.6 Å². The van der Waals surface area contributed by atoms with Gasteiger partial charge in [0.2, 0.25) is 5.82 Å². The van der Waals surface area contributed by atoms with E-state index in [-0.39, 0.29) is 28.4 Å². The first-order valence-corrected chi connectivity index (χ1v) is 12.2. The molecule has 0 aliphatic heterocycles. The van der Waals surface area contributed by atoms with E-state index >= 15 is 0 Å². The highest BCUT2D eigenvalue weighted by molar-refractivity contribution is 7.89. The SMILES string of the molecule is CCn1c(C(C)OC(=O)N(C(C)(C)C)S(=O)(=O)c2ccc(Cl)cc2)nc2cnc(C(F)(F)F)nc21. The zero-order chi connectivity index (χ0) is 26.3. The van der Waals surface area contributed by atoms with E-state index in [4.69, 9.17) is 16.3 Å². The maximum Gasteiger partial charge on any atom is 0.451 e. The molecule has 9 nitrogen and oxygen atoms in total. The van der Waals surface area contributed by atoms with Crippen molar-refractivity contribution in [2.75, 3.05) is 0 Å². The number of aryl methyl sites for hydroxylation is 1. The van der Waals surface area contributed by atoms with Crippen LogP contribution in [0, 0.1) is 0 Å². The molecule has 0 radical (unpaired) electrons. The summed E-state index contributed by atoms with van der Waals surface area (Å²) in [6, 6.07) is 5.28. The molecule has 0 aliphatic rings. The fraction of sp³-hybridized carbons (Fsp3) is 0.429. The van der Waals surface area contributed by atoms with E-state index in [1.165, 1.54) is 56.5 Å². The van der Waals surface area contributed by atoms with Gasteiger partial charge in [0.25, 0.3) is 10.0 Å². The van der Waals surface area contributed by atoms with Crippen LogP contribution in [0.3, 0.4) is 0 Å². The third-order valence-corrected chi connectivity index (χ3v) is 7.15. The maximum absolute atomic E-state index is 13.3. The number of rotatable bonds is 5. The van der Waals surface area contributed by atoms with Gasteiger partial charge >= 0.3 is 12.3 Å². The van der Waals surface area contributed by atoms with Gasteiger partial charge in [-0.1, -0.05) is 11.6 Å². The van der Waals surface area contributed by atoms with Crippen LogP contribution in [0.5, 0.6) is 0 Å². The molecular weight excluding hydrogens is 511 g/mol. The molecule has 0 saturated heterocycles. The summed E-state index contributed by atoms with van der Waals surface area (Å²) in [6.45, 7) is 7.79. The Labute approximate surface area is 204 Å². The number of alkyl halides is 3. The van der Waals surface area contributed by atoms with Gasteiger partial charge in [-0.15, -0.1) is 0 Å². The van der Waals surface area contributed by atoms with Crippen LogP contribution in [0.15, 0.2) is 35.4 Å². The molecule has 1 unspecified atom stereocenters. The van der Waals surface area contributed by atoms with Crippen molar-refractivity contribution in [3.05, 3.63) is 47.1 Å². The fourth-order valence-corrected chi connectivity index (χ4v) is 5.17. The number of aromatic nitrogens is 4. The number of fused-ring (bicyclic) bond motifs is 1. The number of benzene rings is 1. The normalized spacial score (nSPS) is 13.6. The predicted molar refractivity (Wildman–Crippen MR) is 121 cm³/mol. The first-order valence-electron chi connectivity index (χ1n) is 10.4. The number of ether oxygens (including phenoxy) is 1. The topological polar surface area (TPSA) is 107 Å². The van der Waals surface area contributed by atoms with Crippen LogP contribution in [0.2, 0.25) is 5.02 Å². The van der Waals surface area contributed by atoms with Crippen molar-refractivity contribution in [1.82, 2.24) is 23.8 Å². The number of carbonyl (C=O) groups excluding carboxylic acids is 1. The zero-order valence-corrected chi connectivity index (χ0v) is 21.0. The molecule has 0 spiro atoms. The van der Waals surface area contributed by atoms with Crippen molar-refractivity contribution >= 4 is 38.9 Å². The Bertz CT molecular complexity index is 1350. The molecule has 190 valence electrons. The van der Waals surface area contributed by atoms with E-state index < -0.39 is 39.8 Å². The Morgan fingerprint density at radius 2 is 1.77 bits per heavy atom. The lowest BCUT2D eigenvalue weighted by atomic mass is 10.1. The third-order valence-electron chi connectivity index (χ3n) is 4.86. The average Bonchev–Trinajstić information content (AvgIpc) is 3.10. The Balaban J connectivity index is 1.99. The Kier molecular flexibility index (Phi) is 7.06. The highest BCUT2D eigenvalue weighted by atomic mass is 35.5. The number of halogens is 4. The number of sulfonamides is 1. The van der Waals surface area contributed by atoms with Gasteiger partial charge < -0.3 is 9.30 Å². The van der Waals surface area contributed by atoms with E-state index in [2.05, 4.69) is 15.0 Å². The molecule has 14 heteroatoms. The van der Waals surface area contributed by atoms with Gasteiger partial charge in [0.05, 0.1) is 16.6 Å². The quantitative estimate of drug-likeness (QED) is 0.443. The second kappa shape index (κ2) is 9.26. The van der Waals surface area contributed by atoms with Gasteiger partial charge in [-0.3, -0.25) is 0 Å². The van der Waals surface area contributed by atoms with Gasteiger partial charge in [-0.25, -0.2) is 28.2 Å². The van der Waals surface area contributed by atoms with Crippen LogP contribution in [-0.4, -0.2) is 43.9 Å². The Hall–Kier alpha value is -2.93. The van der Waals surface area contributed by atoms with E-state index in [0.29, 0.717) is 9.33 Å². The number of carbonyl (C=O) groups is 1. The molecule has 0 saturated carbocycles. The summed E-state index contributed by atoms with van der Waals surface area (Å²) in [7, 11) is -4.34. The van der Waals surface area contributed by atoms with Crippen molar-refractivity contribution in [1.29, 1.82) is 0 Å². The summed E-state index contributed by atoms with van der Waals surface area (Å²) >= 11 is 5.85. The molecule has 1 atom stereocenters. The van der Waals surface area contributed by atoms with Crippen LogP contribution in [0.1, 0.15) is 52.4 Å². The second-order valence-corrected chi connectivity index (χ2v) is 10.8. The first-order chi connectivity index (χ1) is 16.1. The molecule has 2 aromatic heterocycles. The van der Waals surface area contributed by atoms with E-state index in [1.54, 1.807) is 6.92 Å². The fourth-order valence-electron chi connectivity index (χ4n) is 3.39. The van der Waals surface area contributed by atoms with Crippen LogP contribution in [0.25, 0.3) is 11.2 Å². The van der Waals surface area contributed by atoms with E-state index in [1.807, 2.05) is 0 Å². The summed E-state index contributed by atoms with van der Waals surface area (Å²) in [6.07, 6.45) is -6.13. The molecule has 35 heavy (non-hydrogen) atoms. The molecule has 1 amide bonds. The van der Waals surface area contributed by atoms with E-state index in [9.17, 15) is 26.4 Å². The first kappa shape index (κ1) is 26.7. The van der Waals surface area contributed by atoms with Crippen LogP contribution in [-0.2, 0) is 27.5 Å². The summed E-state index contributed by atoms with van der Waals surface area (Å²) in [5, 5.41) is 0.317. The van der Waals surface area contributed by atoms with Crippen LogP contribution in [0.4, 0.5) is 18.0 Å². The van der Waals surface area contributed by atoms with Crippen molar-refractivity contribution in [2.24, 2.45) is 0 Å². The largest absolute Gasteiger partial charge is 0.451 e. The molecule has 0 aliphatic carbocycles. The number of imidazole rings is 1. The van der Waals surface area contributed by atoms with Crippen molar-refractivity contribution in [3.63, 3.8) is 0 Å². The van der Waals surface area contributed by atoms with E-state index in [0.717, 1.165) is 6.20 Å². The van der Waals surface area contributed by atoms with Crippen molar-refractivity contribution in [2.45, 2.75) is 63.9 Å². The number of hydrogen-bond donors (Lipinski definition) is 0. The standard InChI is InChI=1S/C21H23ClF3N5O4S/c1-6-29-16(27-15-11-26-18(21(23,24)25)28-17(15)29)12(2)34-19(31)30(20(3,4)5)35(32,33)14-9-7-13(22)8-10-14/h7-12H,6H2,1-5H3. The number of amides is 1. The van der Waals surface area contributed by atoms with Crippen LogP contribution < -0.4 is 0 Å². The van der Waals surface area contributed by atoms with Gasteiger partial charge in [-0.2, -0.15) is 17.5 Å². The minimum absolute atomic E-state index is 0.0687. The van der Waals surface area contributed by atoms with Gasteiger partial charge in [0.1, 0.15) is 5.52 Å². The molecule has 3 rings (SSSR count). The minimum atomic E-state index is -4.75. The molecule has 0 N–H and O–H groups in total. The molecule has 3 aromatic rings.